The first-order valence-electron chi connectivity index (χ1n) is 2.43. The molecule has 0 fully saturated rings. The number of carboxylic acids is 1. The summed E-state index contributed by atoms with van der Waals surface area (Å²) < 4.78 is 0. The van der Waals surface area contributed by atoms with Gasteiger partial charge in [0.1, 0.15) is 0 Å². The molecule has 0 aromatic heterocycles. The molecule has 0 atom stereocenters. The summed E-state index contributed by atoms with van der Waals surface area (Å²) in [6.45, 7) is 5.16. The normalized spacial score (nSPS) is 7.44. The number of aliphatic carboxylic acids is 1. The maximum absolute atomic E-state index is 10.1. The Morgan fingerprint density at radius 2 is 1.56 bits per heavy atom. The molecule has 0 heterocycles. The fraction of sp³-hybridized carbons (Fsp3) is 0.500. The Labute approximate surface area is 75.1 Å². The molecule has 0 aromatic rings. The van der Waals surface area contributed by atoms with E-state index in [1.54, 1.807) is 20.8 Å². The van der Waals surface area contributed by atoms with Crippen LogP contribution in [0, 0.1) is 0 Å². The summed E-state index contributed by atoms with van der Waals surface area (Å²) in [7, 11) is 0. The van der Waals surface area contributed by atoms with Gasteiger partial charge in [-0.25, -0.2) is 4.79 Å². The van der Waals surface area contributed by atoms with Crippen molar-refractivity contribution in [1.82, 2.24) is 0 Å². The molecule has 0 aliphatic heterocycles. The van der Waals surface area contributed by atoms with E-state index in [1.165, 1.54) is 0 Å². The standard InChI is InChI=1S/C6H10O2.Pb.2H/c1-4(2)5(3)6(7)8;;;/h1-3H3,(H,7,8);;;. The van der Waals surface area contributed by atoms with E-state index in [1.807, 2.05) is 0 Å². The van der Waals surface area contributed by atoms with Gasteiger partial charge < -0.3 is 5.11 Å². The molecule has 3 heteroatoms. The van der Waals surface area contributed by atoms with Gasteiger partial charge in [-0.3, -0.25) is 0 Å². The Kier molecular flexibility index (Phi) is 6.54. The van der Waals surface area contributed by atoms with E-state index in [2.05, 4.69) is 0 Å². The number of hydrogen-bond donors (Lipinski definition) is 1. The Morgan fingerprint density at radius 1 is 1.22 bits per heavy atom. The SMILES string of the molecule is CC(C)=C(C)C(=O)O.[PbH2]. The third-order valence-corrected chi connectivity index (χ3v) is 1.07. The second-order valence-corrected chi connectivity index (χ2v) is 1.93. The maximum atomic E-state index is 10.1. The van der Waals surface area contributed by atoms with Gasteiger partial charge in [0.15, 0.2) is 0 Å². The minimum absolute atomic E-state index is 0. The van der Waals surface area contributed by atoms with Gasteiger partial charge in [-0.05, 0) is 20.8 Å². The average molecular weight is 323 g/mol. The average Bonchev–Trinajstić information content (AvgIpc) is 1.64. The zero-order valence-electron chi connectivity index (χ0n) is 6.06. The van der Waals surface area contributed by atoms with Crippen LogP contribution in [0.1, 0.15) is 20.8 Å². The third kappa shape index (κ3) is 4.62. The predicted molar refractivity (Wildman–Crippen MR) is 40.2 cm³/mol. The van der Waals surface area contributed by atoms with Crippen LogP contribution in [-0.4, -0.2) is 38.4 Å². The number of hydrogen-bond acceptors (Lipinski definition) is 1. The van der Waals surface area contributed by atoms with E-state index in [0.29, 0.717) is 5.57 Å². The summed E-state index contributed by atoms with van der Waals surface area (Å²) in [5.41, 5.74) is 1.29. The molecule has 0 saturated carbocycles. The van der Waals surface area contributed by atoms with Crippen molar-refractivity contribution in [2.24, 2.45) is 0 Å². The molecule has 2 nitrogen and oxygen atoms in total. The van der Waals surface area contributed by atoms with Crippen LogP contribution in [0.5, 0.6) is 0 Å². The third-order valence-electron chi connectivity index (χ3n) is 1.07. The quantitative estimate of drug-likeness (QED) is 0.564. The zero-order valence-corrected chi connectivity index (χ0v) is 11.6. The summed E-state index contributed by atoms with van der Waals surface area (Å²) in [6.07, 6.45) is 0. The predicted octanol–water partition coefficient (Wildman–Crippen LogP) is 0.511. The van der Waals surface area contributed by atoms with Crippen LogP contribution < -0.4 is 0 Å². The molecule has 0 saturated heterocycles. The van der Waals surface area contributed by atoms with Crippen molar-refractivity contribution in [3.63, 3.8) is 0 Å². The summed E-state index contributed by atoms with van der Waals surface area (Å²) in [4.78, 5) is 10.1. The zero-order chi connectivity index (χ0) is 6.73. The van der Waals surface area contributed by atoms with E-state index in [0.717, 1.165) is 5.57 Å². The van der Waals surface area contributed by atoms with Crippen LogP contribution in [0.3, 0.4) is 0 Å². The first kappa shape index (κ1) is 11.9. The molecule has 0 rings (SSSR count). The molecule has 0 bridgehead atoms. The molecule has 0 aliphatic carbocycles. The van der Waals surface area contributed by atoms with Crippen molar-refractivity contribution in [3.8, 4) is 0 Å². The summed E-state index contributed by atoms with van der Waals surface area (Å²) in [5.74, 6) is -0.829. The van der Waals surface area contributed by atoms with Crippen molar-refractivity contribution in [2.75, 3.05) is 0 Å². The molecule has 52 valence electrons. The van der Waals surface area contributed by atoms with Gasteiger partial charge in [0, 0.05) is 5.57 Å². The summed E-state index contributed by atoms with van der Waals surface area (Å²) >= 11 is 0. The molecule has 1 N–H and O–H groups in total. The van der Waals surface area contributed by atoms with Crippen LogP contribution >= 0.6 is 0 Å². The number of carboxylic acid groups (broad SMARTS) is 1. The van der Waals surface area contributed by atoms with Crippen molar-refractivity contribution in [1.29, 1.82) is 0 Å². The molecular weight excluding hydrogens is 311 g/mol. The molecule has 0 spiro atoms. The number of carbonyl (C=O) groups is 1. The summed E-state index contributed by atoms with van der Waals surface area (Å²) in [5, 5.41) is 8.29. The first-order chi connectivity index (χ1) is 3.55. The van der Waals surface area contributed by atoms with E-state index < -0.39 is 5.97 Å². The fourth-order valence-corrected chi connectivity index (χ4v) is 0.214. The van der Waals surface area contributed by atoms with E-state index >= 15 is 0 Å². The van der Waals surface area contributed by atoms with Gasteiger partial charge in [0.25, 0.3) is 0 Å². The monoisotopic (exact) mass is 324 g/mol. The van der Waals surface area contributed by atoms with Gasteiger partial charge in [-0.2, -0.15) is 0 Å². The van der Waals surface area contributed by atoms with Gasteiger partial charge in [-0.15, -0.1) is 0 Å². The molecule has 0 aliphatic rings. The molecule has 9 heavy (non-hydrogen) atoms. The minimum atomic E-state index is -0.829. The van der Waals surface area contributed by atoms with Crippen molar-refractivity contribution in [2.45, 2.75) is 20.8 Å². The van der Waals surface area contributed by atoms with Crippen LogP contribution in [0.4, 0.5) is 0 Å². The van der Waals surface area contributed by atoms with Gasteiger partial charge in [0.05, 0.1) is 0 Å². The molecule has 2 radical (unpaired) electrons. The number of rotatable bonds is 1. The van der Waals surface area contributed by atoms with Gasteiger partial charge >= 0.3 is 33.3 Å². The van der Waals surface area contributed by atoms with Gasteiger partial charge in [0.2, 0.25) is 0 Å². The molecule has 0 amide bonds. The van der Waals surface area contributed by atoms with Crippen LogP contribution in [0.2, 0.25) is 0 Å². The van der Waals surface area contributed by atoms with Crippen molar-refractivity contribution >= 4 is 33.3 Å². The van der Waals surface area contributed by atoms with Crippen molar-refractivity contribution < 1.29 is 9.90 Å². The molecule has 0 unspecified atom stereocenters. The summed E-state index contributed by atoms with van der Waals surface area (Å²) in [6, 6.07) is 0. The Morgan fingerprint density at radius 3 is 1.56 bits per heavy atom. The van der Waals surface area contributed by atoms with Crippen molar-refractivity contribution in [3.05, 3.63) is 11.1 Å². The molecular formula is C6H12O2Pb. The van der Waals surface area contributed by atoms with E-state index in [4.69, 9.17) is 5.11 Å². The molecule has 0 aromatic carbocycles. The van der Waals surface area contributed by atoms with Gasteiger partial charge in [-0.1, -0.05) is 5.57 Å². The Hall–Kier alpha value is 0.132. The van der Waals surface area contributed by atoms with Crippen LogP contribution in [0.25, 0.3) is 0 Å². The second-order valence-electron chi connectivity index (χ2n) is 1.93. The van der Waals surface area contributed by atoms with Crippen LogP contribution in [0.15, 0.2) is 11.1 Å². The van der Waals surface area contributed by atoms with E-state index in [9.17, 15) is 4.79 Å². The topological polar surface area (TPSA) is 37.3 Å². The number of allylic oxidation sites excluding steroid dienone is 1. The first-order valence-corrected chi connectivity index (χ1v) is 2.43. The van der Waals surface area contributed by atoms with E-state index in [-0.39, 0.29) is 27.3 Å². The fourth-order valence-electron chi connectivity index (χ4n) is 0.214. The second kappa shape index (κ2) is 4.96. The Bertz CT molecular complexity index is 134. The van der Waals surface area contributed by atoms with Crippen LogP contribution in [-0.2, 0) is 4.79 Å². The Balaban J connectivity index is 0.